The Labute approximate surface area is 215 Å². The minimum absolute atomic E-state index is 0.106. The van der Waals surface area contributed by atoms with Gasteiger partial charge in [0.1, 0.15) is 5.60 Å². The molecular weight excluding hydrogens is 485 g/mol. The minimum atomic E-state index is -2.04. The number of aliphatic hydroxyl groups excluding tert-OH is 1. The van der Waals surface area contributed by atoms with E-state index >= 15 is 4.39 Å². The highest BCUT2D eigenvalue weighted by Gasteiger charge is 2.75. The quantitative estimate of drug-likeness (QED) is 0.441. The number of carbonyl (C=O) groups is 4. The lowest BCUT2D eigenvalue weighted by Crippen LogP contribution is -2.69. The van der Waals surface area contributed by atoms with Crippen molar-refractivity contribution in [3.05, 3.63) is 23.8 Å². The number of halogens is 1. The summed E-state index contributed by atoms with van der Waals surface area (Å²) in [5.41, 5.74) is -5.40. The van der Waals surface area contributed by atoms with Crippen molar-refractivity contribution in [3.8, 4) is 0 Å². The summed E-state index contributed by atoms with van der Waals surface area (Å²) in [7, 11) is 0. The van der Waals surface area contributed by atoms with Gasteiger partial charge in [0, 0.05) is 16.7 Å². The first-order valence-corrected chi connectivity index (χ1v) is 13.7. The van der Waals surface area contributed by atoms with E-state index in [9.17, 15) is 29.4 Å². The van der Waals surface area contributed by atoms with Gasteiger partial charge in [-0.1, -0.05) is 44.2 Å². The van der Waals surface area contributed by atoms with Crippen molar-refractivity contribution in [1.29, 1.82) is 0 Å². The maximum Gasteiger partial charge on any atom is 0.211 e. The number of Topliss-reactive ketones (excluding diaryl/α,β-unsaturated/α-hetero) is 1. The Balaban J connectivity index is 1.63. The van der Waals surface area contributed by atoms with Gasteiger partial charge in [-0.15, -0.1) is 0 Å². The first-order chi connectivity index (χ1) is 16.8. The van der Waals surface area contributed by atoms with Crippen molar-refractivity contribution in [2.24, 2.45) is 28.6 Å². The fraction of sp³-hybridized carbons (Fsp3) is 0.704. The molecule has 0 heterocycles. The van der Waals surface area contributed by atoms with Crippen molar-refractivity contribution in [1.82, 2.24) is 5.32 Å². The lowest BCUT2D eigenvalue weighted by atomic mass is 9.44. The molecule has 0 aromatic rings. The Morgan fingerprint density at radius 1 is 1.33 bits per heavy atom. The monoisotopic (exact) mass is 521 g/mol. The third-order valence-corrected chi connectivity index (χ3v) is 10.9. The molecule has 4 aliphatic carbocycles. The second-order valence-electron chi connectivity index (χ2n) is 11.4. The van der Waals surface area contributed by atoms with Crippen LogP contribution in [-0.2, 0) is 19.2 Å². The predicted molar refractivity (Wildman–Crippen MR) is 134 cm³/mol. The summed E-state index contributed by atoms with van der Waals surface area (Å²) in [4.78, 5) is 48.8. The molecule has 1 amide bonds. The summed E-state index contributed by atoms with van der Waals surface area (Å²) in [5, 5.41) is 25.4. The number of rotatable bonds is 7. The van der Waals surface area contributed by atoms with Gasteiger partial charge in [-0.05, 0) is 63.0 Å². The van der Waals surface area contributed by atoms with Crippen LogP contribution in [0.3, 0.4) is 0 Å². The molecule has 0 spiro atoms. The fourth-order valence-corrected chi connectivity index (χ4v) is 8.85. The summed E-state index contributed by atoms with van der Waals surface area (Å²) in [5.74, 6) is -2.42. The molecule has 7 nitrogen and oxygen atoms in total. The number of amides is 1. The molecule has 3 N–H and O–H groups in total. The zero-order valence-corrected chi connectivity index (χ0v) is 22.1. The van der Waals surface area contributed by atoms with Crippen LogP contribution in [0.25, 0.3) is 0 Å². The Hall–Kier alpha value is -1.84. The molecule has 2 unspecified atom stereocenters. The van der Waals surface area contributed by atoms with Gasteiger partial charge >= 0.3 is 0 Å². The summed E-state index contributed by atoms with van der Waals surface area (Å²) in [6, 6.07) is -0.719. The van der Waals surface area contributed by atoms with Gasteiger partial charge in [0.05, 0.1) is 17.9 Å². The first-order valence-electron chi connectivity index (χ1n) is 12.7. The van der Waals surface area contributed by atoms with Crippen molar-refractivity contribution >= 4 is 34.9 Å². The topological polar surface area (TPSA) is 121 Å². The number of hydrogen-bond acceptors (Lipinski definition) is 7. The molecule has 0 aromatic heterocycles. The van der Waals surface area contributed by atoms with E-state index in [0.717, 1.165) is 11.8 Å². The number of nitrogens with one attached hydrogen (secondary N) is 1. The SMILES string of the molecule is CCC(NC=O)C(=O)SCC(=O)[C@@]1(O)[C@@H](C)C[C@H]2[C@@H]3CCC4=CC(=O)C=C[C@]4(C)C3(F)[C@@H](O)C[C@@]21C. The van der Waals surface area contributed by atoms with Crippen LogP contribution < -0.4 is 5.32 Å². The van der Waals surface area contributed by atoms with E-state index in [4.69, 9.17) is 0 Å². The average Bonchev–Trinajstić information content (AvgIpc) is 3.03. The third kappa shape index (κ3) is 3.52. The highest BCUT2D eigenvalue weighted by atomic mass is 32.2. The van der Waals surface area contributed by atoms with Crippen LogP contribution in [-0.4, -0.2) is 62.5 Å². The van der Waals surface area contributed by atoms with Gasteiger partial charge in [-0.3, -0.25) is 19.2 Å². The first kappa shape index (κ1) is 27.2. The lowest BCUT2D eigenvalue weighted by Gasteiger charge is -2.62. The van der Waals surface area contributed by atoms with E-state index in [2.05, 4.69) is 5.32 Å². The zero-order valence-electron chi connectivity index (χ0n) is 21.3. The predicted octanol–water partition coefficient (Wildman–Crippen LogP) is 2.69. The van der Waals surface area contributed by atoms with E-state index in [0.29, 0.717) is 37.7 Å². The second-order valence-corrected chi connectivity index (χ2v) is 12.4. The Kier molecular flexibility index (Phi) is 6.93. The zero-order chi connectivity index (χ0) is 26.7. The van der Waals surface area contributed by atoms with Gasteiger partial charge in [-0.2, -0.15) is 0 Å². The van der Waals surface area contributed by atoms with Crippen molar-refractivity contribution < 1.29 is 33.8 Å². The normalized spacial score (nSPS) is 44.1. The van der Waals surface area contributed by atoms with E-state index in [1.54, 1.807) is 33.8 Å². The highest BCUT2D eigenvalue weighted by Crippen LogP contribution is 2.70. The summed E-state index contributed by atoms with van der Waals surface area (Å²) in [6.45, 7) is 7.02. The Morgan fingerprint density at radius 3 is 2.67 bits per heavy atom. The molecule has 9 heteroatoms. The second kappa shape index (κ2) is 9.17. The van der Waals surface area contributed by atoms with Crippen LogP contribution in [0.5, 0.6) is 0 Å². The molecular formula is C27H36FNO6S. The molecule has 3 fully saturated rings. The number of fused-ring (bicyclic) bond motifs is 5. The molecule has 0 bridgehead atoms. The smallest absolute Gasteiger partial charge is 0.211 e. The third-order valence-electron chi connectivity index (χ3n) is 9.96. The number of aliphatic hydroxyl groups is 2. The van der Waals surface area contributed by atoms with Crippen LogP contribution in [0.4, 0.5) is 4.39 Å². The van der Waals surface area contributed by atoms with Gasteiger partial charge in [0.15, 0.2) is 17.2 Å². The molecule has 198 valence electrons. The van der Waals surface area contributed by atoms with Crippen molar-refractivity contribution in [2.75, 3.05) is 5.75 Å². The molecule has 0 saturated heterocycles. The van der Waals surface area contributed by atoms with Gasteiger partial charge in [0.2, 0.25) is 11.5 Å². The lowest BCUT2D eigenvalue weighted by molar-refractivity contribution is -0.218. The molecule has 0 aromatic carbocycles. The number of carbonyl (C=O) groups excluding carboxylic acids is 4. The molecule has 0 aliphatic heterocycles. The summed E-state index contributed by atoms with van der Waals surface area (Å²) in [6.07, 6.45) is 5.03. The molecule has 4 aliphatic rings. The van der Waals surface area contributed by atoms with E-state index in [1.807, 2.05) is 0 Å². The standard InChI is InChI=1S/C27H36FNO6S/c1-5-20(29-14-30)23(34)36-13-22(33)27(35)15(2)10-19-18-7-6-16-11-17(31)8-9-24(16,3)26(18,28)21(32)12-25(19,27)4/h8-9,11,14-15,18-21,32,35H,5-7,10,12-13H2,1-4H3,(H,29,30)/t15-,18-,19-,20?,21-,24-,25-,26?,27-/m0/s1. The van der Waals surface area contributed by atoms with E-state index in [-0.39, 0.29) is 29.0 Å². The van der Waals surface area contributed by atoms with Gasteiger partial charge in [0.25, 0.3) is 0 Å². The summed E-state index contributed by atoms with van der Waals surface area (Å²) < 4.78 is 17.2. The van der Waals surface area contributed by atoms with Crippen LogP contribution in [0.15, 0.2) is 23.8 Å². The maximum absolute atomic E-state index is 17.2. The Morgan fingerprint density at radius 2 is 2.03 bits per heavy atom. The van der Waals surface area contributed by atoms with Gasteiger partial charge < -0.3 is 15.5 Å². The van der Waals surface area contributed by atoms with Crippen molar-refractivity contribution in [3.63, 3.8) is 0 Å². The molecule has 9 atom stereocenters. The number of ketones is 2. The largest absolute Gasteiger partial charge is 0.390 e. The molecule has 0 radical (unpaired) electrons. The minimum Gasteiger partial charge on any atom is -0.390 e. The van der Waals surface area contributed by atoms with E-state index in [1.165, 1.54) is 12.2 Å². The molecule has 36 heavy (non-hydrogen) atoms. The van der Waals surface area contributed by atoms with Crippen molar-refractivity contribution in [2.45, 2.75) is 83.2 Å². The van der Waals surface area contributed by atoms with Crippen LogP contribution in [0.1, 0.15) is 59.8 Å². The number of alkyl halides is 1. The highest BCUT2D eigenvalue weighted by molar-refractivity contribution is 8.14. The number of hydrogen-bond donors (Lipinski definition) is 3. The molecule has 3 saturated carbocycles. The van der Waals surface area contributed by atoms with Crippen LogP contribution in [0.2, 0.25) is 0 Å². The van der Waals surface area contributed by atoms with Crippen LogP contribution >= 0.6 is 11.8 Å². The maximum atomic E-state index is 17.2. The number of thioether (sulfide) groups is 1. The number of allylic oxidation sites excluding steroid dienone is 4. The van der Waals surface area contributed by atoms with Crippen LogP contribution in [0, 0.1) is 28.6 Å². The molecule has 4 rings (SSSR count). The van der Waals surface area contributed by atoms with Gasteiger partial charge in [-0.25, -0.2) is 4.39 Å². The Bertz CT molecular complexity index is 1050. The summed E-state index contributed by atoms with van der Waals surface area (Å²) >= 11 is 0.765. The average molecular weight is 522 g/mol. The fourth-order valence-electron chi connectivity index (χ4n) is 7.92. The van der Waals surface area contributed by atoms with E-state index < -0.39 is 51.9 Å².